The molecule has 0 heterocycles. The monoisotopic (exact) mass is 742 g/mol. The molecule has 0 radical (unpaired) electrons. The van der Waals surface area contributed by atoms with E-state index in [0.29, 0.717) is 24.0 Å². The van der Waals surface area contributed by atoms with Gasteiger partial charge in [0.05, 0.1) is 23.0 Å². The summed E-state index contributed by atoms with van der Waals surface area (Å²) in [7, 11) is -8.32. The SMILES string of the molecule is CCCCCCOC(=O)/C(=C\c1ccc(-c2ccc(/C=C(\C(=O)OCCCCCC)S(=O)(=O)c3ccccc3)cc2)cc1)S(=O)(=O)c1ccccc1. The smallest absolute Gasteiger partial charge is 0.350 e. The second-order valence-corrected chi connectivity index (χ2v) is 16.1. The fraction of sp³-hybridized carbons (Fsp3) is 0.286. The zero-order valence-corrected chi connectivity index (χ0v) is 31.3. The van der Waals surface area contributed by atoms with E-state index in [1.165, 1.54) is 36.4 Å². The van der Waals surface area contributed by atoms with E-state index in [4.69, 9.17) is 9.47 Å². The Balaban J connectivity index is 1.59. The number of carbonyl (C=O) groups is 2. The van der Waals surface area contributed by atoms with E-state index in [0.717, 1.165) is 49.7 Å². The lowest BCUT2D eigenvalue weighted by atomic mass is 10.0. The van der Waals surface area contributed by atoms with Crippen LogP contribution in [0.25, 0.3) is 23.3 Å². The molecule has 0 bridgehead atoms. The van der Waals surface area contributed by atoms with Gasteiger partial charge in [0.2, 0.25) is 19.7 Å². The first-order chi connectivity index (χ1) is 25.1. The summed E-state index contributed by atoms with van der Waals surface area (Å²) < 4.78 is 65.0. The number of rotatable bonds is 19. The number of esters is 2. The molecule has 0 aliphatic carbocycles. The van der Waals surface area contributed by atoms with Gasteiger partial charge in [0.25, 0.3) is 0 Å². The second kappa shape index (κ2) is 19.7. The van der Waals surface area contributed by atoms with Crippen LogP contribution in [0.1, 0.15) is 76.3 Å². The molecule has 0 aromatic heterocycles. The Bertz CT molecular complexity index is 1880. The molecule has 4 rings (SSSR count). The number of ether oxygens (including phenoxy) is 2. The molecular weight excluding hydrogens is 697 g/mol. The van der Waals surface area contributed by atoms with Gasteiger partial charge in [-0.15, -0.1) is 0 Å². The van der Waals surface area contributed by atoms with Crippen LogP contribution in [-0.2, 0) is 38.7 Å². The predicted molar refractivity (Wildman–Crippen MR) is 205 cm³/mol. The number of benzene rings is 4. The molecule has 0 saturated heterocycles. The van der Waals surface area contributed by atoms with Gasteiger partial charge in [-0.25, -0.2) is 26.4 Å². The molecule has 0 spiro atoms. The average molecular weight is 743 g/mol. The Labute approximate surface area is 308 Å². The summed E-state index contributed by atoms with van der Waals surface area (Å²) in [4.78, 5) is 25.4. The molecule has 274 valence electrons. The van der Waals surface area contributed by atoms with Crippen LogP contribution in [0, 0.1) is 0 Å². The molecule has 0 N–H and O–H groups in total. The maximum Gasteiger partial charge on any atom is 0.350 e. The Hall–Kier alpha value is -4.80. The summed E-state index contributed by atoms with van der Waals surface area (Å²) in [5.74, 6) is -1.80. The van der Waals surface area contributed by atoms with Gasteiger partial charge in [0.15, 0.2) is 9.81 Å². The molecule has 0 fully saturated rings. The molecule has 4 aromatic rings. The third-order valence-corrected chi connectivity index (χ3v) is 11.8. The first kappa shape index (κ1) is 40.0. The molecule has 52 heavy (non-hydrogen) atoms. The van der Waals surface area contributed by atoms with Crippen molar-refractivity contribution in [3.63, 3.8) is 0 Å². The molecule has 0 atom stereocenters. The lowest BCUT2D eigenvalue weighted by Gasteiger charge is -2.11. The Morgan fingerprint density at radius 3 is 1.15 bits per heavy atom. The Kier molecular flexibility index (Phi) is 15.2. The lowest BCUT2D eigenvalue weighted by molar-refractivity contribution is -0.139. The zero-order chi connectivity index (χ0) is 37.4. The van der Waals surface area contributed by atoms with E-state index in [1.807, 2.05) is 0 Å². The third-order valence-electron chi connectivity index (χ3n) is 8.30. The van der Waals surface area contributed by atoms with E-state index in [-0.39, 0.29) is 23.0 Å². The maximum absolute atomic E-state index is 13.5. The summed E-state index contributed by atoms with van der Waals surface area (Å²) in [5.41, 5.74) is 2.57. The normalized spacial score (nSPS) is 12.3. The third kappa shape index (κ3) is 11.1. The molecule has 0 aliphatic heterocycles. The molecule has 4 aromatic carbocycles. The predicted octanol–water partition coefficient (Wildman–Crippen LogP) is 9.23. The number of unbranched alkanes of at least 4 members (excludes halogenated alkanes) is 6. The fourth-order valence-corrected chi connectivity index (χ4v) is 8.00. The van der Waals surface area contributed by atoms with Gasteiger partial charge in [-0.1, -0.05) is 137 Å². The van der Waals surface area contributed by atoms with Crippen molar-refractivity contribution in [1.29, 1.82) is 0 Å². The van der Waals surface area contributed by atoms with Crippen LogP contribution in [0.15, 0.2) is 129 Å². The summed E-state index contributed by atoms with van der Waals surface area (Å²) in [6, 6.07) is 29.6. The lowest BCUT2D eigenvalue weighted by Crippen LogP contribution is -2.17. The quantitative estimate of drug-likeness (QED) is 0.0530. The van der Waals surface area contributed by atoms with Crippen LogP contribution in [0.5, 0.6) is 0 Å². The fourth-order valence-electron chi connectivity index (χ4n) is 5.32. The highest BCUT2D eigenvalue weighted by Crippen LogP contribution is 2.27. The highest BCUT2D eigenvalue weighted by molar-refractivity contribution is 7.96. The summed E-state index contributed by atoms with van der Waals surface area (Å²) in [5, 5.41) is 0. The van der Waals surface area contributed by atoms with Gasteiger partial charge in [0.1, 0.15) is 0 Å². The highest BCUT2D eigenvalue weighted by Gasteiger charge is 2.29. The highest BCUT2D eigenvalue weighted by atomic mass is 32.2. The molecule has 10 heteroatoms. The second-order valence-electron chi connectivity index (χ2n) is 12.3. The van der Waals surface area contributed by atoms with Crippen LogP contribution in [-0.4, -0.2) is 42.0 Å². The van der Waals surface area contributed by atoms with Crippen molar-refractivity contribution in [1.82, 2.24) is 0 Å². The van der Waals surface area contributed by atoms with E-state index in [2.05, 4.69) is 13.8 Å². The van der Waals surface area contributed by atoms with Crippen LogP contribution < -0.4 is 0 Å². The van der Waals surface area contributed by atoms with E-state index in [9.17, 15) is 26.4 Å². The van der Waals surface area contributed by atoms with E-state index in [1.54, 1.807) is 84.9 Å². The Morgan fingerprint density at radius 2 is 0.827 bits per heavy atom. The summed E-state index contributed by atoms with van der Waals surface area (Å²) in [6.07, 6.45) is 9.75. The molecule has 0 unspecified atom stereocenters. The van der Waals surface area contributed by atoms with E-state index >= 15 is 0 Å². The van der Waals surface area contributed by atoms with Crippen molar-refractivity contribution in [2.75, 3.05) is 13.2 Å². The average Bonchev–Trinajstić information content (AvgIpc) is 3.16. The van der Waals surface area contributed by atoms with Crippen molar-refractivity contribution in [3.05, 3.63) is 130 Å². The molecular formula is C42H46O8S2. The number of hydrogen-bond donors (Lipinski definition) is 0. The summed E-state index contributed by atoms with van der Waals surface area (Å²) in [6.45, 7) is 4.41. The van der Waals surface area contributed by atoms with Crippen molar-refractivity contribution >= 4 is 43.8 Å². The van der Waals surface area contributed by atoms with E-state index < -0.39 is 41.4 Å². The maximum atomic E-state index is 13.5. The molecule has 0 saturated carbocycles. The molecule has 0 amide bonds. The Morgan fingerprint density at radius 1 is 0.481 bits per heavy atom. The van der Waals surface area contributed by atoms with Crippen molar-refractivity contribution in [3.8, 4) is 11.1 Å². The van der Waals surface area contributed by atoms with Gasteiger partial charge in [0, 0.05) is 0 Å². The topological polar surface area (TPSA) is 121 Å². The molecule has 0 aliphatic rings. The van der Waals surface area contributed by atoms with Crippen LogP contribution >= 0.6 is 0 Å². The van der Waals surface area contributed by atoms with Crippen molar-refractivity contribution in [2.24, 2.45) is 0 Å². The van der Waals surface area contributed by atoms with Gasteiger partial charge < -0.3 is 9.47 Å². The van der Waals surface area contributed by atoms with Crippen molar-refractivity contribution in [2.45, 2.75) is 75.0 Å². The van der Waals surface area contributed by atoms with Crippen molar-refractivity contribution < 1.29 is 35.9 Å². The number of hydrogen-bond acceptors (Lipinski definition) is 8. The minimum atomic E-state index is -4.16. The minimum absolute atomic E-state index is 0.00472. The molecule has 8 nitrogen and oxygen atoms in total. The first-order valence-electron chi connectivity index (χ1n) is 17.7. The van der Waals surface area contributed by atoms with Gasteiger partial charge in [-0.3, -0.25) is 0 Å². The van der Waals surface area contributed by atoms with Crippen LogP contribution in [0.3, 0.4) is 0 Å². The van der Waals surface area contributed by atoms with Gasteiger partial charge >= 0.3 is 11.9 Å². The first-order valence-corrected chi connectivity index (χ1v) is 20.6. The van der Waals surface area contributed by atoms with Crippen LogP contribution in [0.2, 0.25) is 0 Å². The number of carbonyl (C=O) groups excluding carboxylic acids is 2. The largest absolute Gasteiger partial charge is 0.462 e. The minimum Gasteiger partial charge on any atom is -0.462 e. The van der Waals surface area contributed by atoms with Crippen LogP contribution in [0.4, 0.5) is 0 Å². The number of sulfone groups is 2. The van der Waals surface area contributed by atoms with Gasteiger partial charge in [-0.2, -0.15) is 0 Å². The standard InChI is InChI=1S/C42H46O8S2/c1-3-5-7-15-29-49-41(43)39(51(45,46)37-17-11-9-12-18-37)31-33-21-25-35(26-22-33)36-27-23-34(24-28-36)32-40(42(44)50-30-16-8-6-4-2)52(47,48)38-19-13-10-14-20-38/h9-14,17-28,31-32H,3-8,15-16,29-30H2,1-2H3/b39-31+,40-32+. The zero-order valence-electron chi connectivity index (χ0n) is 29.7. The van der Waals surface area contributed by atoms with Gasteiger partial charge in [-0.05, 0) is 71.5 Å². The summed E-state index contributed by atoms with van der Waals surface area (Å²) >= 11 is 0.